The lowest BCUT2D eigenvalue weighted by Gasteiger charge is -2.51. The quantitative estimate of drug-likeness (QED) is 0.547. The Balaban J connectivity index is 1.32. The van der Waals surface area contributed by atoms with Crippen LogP contribution in [0.2, 0.25) is 10.0 Å². The highest BCUT2D eigenvalue weighted by atomic mass is 35.5. The van der Waals surface area contributed by atoms with Gasteiger partial charge in [-0.1, -0.05) is 42.3 Å². The van der Waals surface area contributed by atoms with E-state index in [1.165, 1.54) is 44.1 Å². The van der Waals surface area contributed by atoms with Crippen molar-refractivity contribution in [2.75, 3.05) is 7.11 Å². The fourth-order valence-corrected chi connectivity index (χ4v) is 7.39. The maximum atomic E-state index is 6.41. The van der Waals surface area contributed by atoms with E-state index in [2.05, 4.69) is 36.5 Å². The number of nitrogens with one attached hydrogen (secondary N) is 1. The van der Waals surface area contributed by atoms with Crippen LogP contribution in [0.25, 0.3) is 0 Å². The molecule has 5 atom stereocenters. The van der Waals surface area contributed by atoms with E-state index in [-0.39, 0.29) is 0 Å². The molecule has 0 heterocycles. The summed E-state index contributed by atoms with van der Waals surface area (Å²) < 4.78 is 5.47. The van der Waals surface area contributed by atoms with Crippen LogP contribution < -0.4 is 10.1 Å². The summed E-state index contributed by atoms with van der Waals surface area (Å²) in [6, 6.07) is 13.2. The molecule has 2 fully saturated rings. The van der Waals surface area contributed by atoms with Gasteiger partial charge in [-0.25, -0.2) is 0 Å². The minimum atomic E-state index is 0.379. The first-order valence-corrected chi connectivity index (χ1v) is 12.1. The number of fused-ring (bicyclic) bond motifs is 5. The Morgan fingerprint density at radius 1 is 1.07 bits per heavy atom. The lowest BCUT2D eigenvalue weighted by molar-refractivity contribution is 0.0408. The van der Waals surface area contributed by atoms with E-state index >= 15 is 0 Å². The second kappa shape index (κ2) is 8.04. The third-order valence-corrected chi connectivity index (χ3v) is 9.07. The Labute approximate surface area is 190 Å². The summed E-state index contributed by atoms with van der Waals surface area (Å²) in [6.07, 6.45) is 7.73. The van der Waals surface area contributed by atoms with Crippen molar-refractivity contribution in [3.63, 3.8) is 0 Å². The third kappa shape index (κ3) is 3.45. The highest BCUT2D eigenvalue weighted by Gasteiger charge is 2.54. The molecule has 2 saturated carbocycles. The average Bonchev–Trinajstić information content (AvgIpc) is 3.09. The monoisotopic (exact) mass is 443 g/mol. The molecule has 0 unspecified atom stereocenters. The summed E-state index contributed by atoms with van der Waals surface area (Å²) in [7, 11) is 1.77. The van der Waals surface area contributed by atoms with Crippen LogP contribution in [-0.2, 0) is 13.0 Å². The summed E-state index contributed by atoms with van der Waals surface area (Å²) in [5, 5.41) is 5.34. The number of rotatable bonds is 4. The smallest absolute Gasteiger partial charge is 0.119 e. The summed E-state index contributed by atoms with van der Waals surface area (Å²) in [4.78, 5) is 0. The normalized spacial score (nSPS) is 32.3. The van der Waals surface area contributed by atoms with E-state index in [0.717, 1.165) is 40.6 Å². The standard InChI is InChI=1S/C26H31Cl2NO/c1-26-12-11-21-20-8-6-19(30-2)13-16(20)4-7-22(21)23(26)9-10-25(26)29-15-17-3-5-18(27)14-24(17)28/h3,5-6,8,13-14,21-23,25,29H,4,7,9-12,15H2,1-2H3/t21-,22-,23+,25+,26+/m1/s1. The largest absolute Gasteiger partial charge is 0.497 e. The van der Waals surface area contributed by atoms with E-state index < -0.39 is 0 Å². The molecule has 30 heavy (non-hydrogen) atoms. The van der Waals surface area contributed by atoms with Gasteiger partial charge in [0, 0.05) is 22.6 Å². The van der Waals surface area contributed by atoms with Crippen LogP contribution in [0, 0.1) is 17.3 Å². The van der Waals surface area contributed by atoms with Crippen molar-refractivity contribution in [3.8, 4) is 5.75 Å². The summed E-state index contributed by atoms with van der Waals surface area (Å²) in [5.74, 6) is 3.35. The fourth-order valence-electron chi connectivity index (χ4n) is 6.92. The molecule has 5 rings (SSSR count). The Morgan fingerprint density at radius 3 is 2.73 bits per heavy atom. The second-order valence-corrected chi connectivity index (χ2v) is 10.6. The molecule has 1 N–H and O–H groups in total. The molecule has 3 aliphatic rings. The summed E-state index contributed by atoms with van der Waals surface area (Å²) >= 11 is 12.5. The molecular formula is C26H31Cl2NO. The highest BCUT2D eigenvalue weighted by molar-refractivity contribution is 6.35. The van der Waals surface area contributed by atoms with Gasteiger partial charge in [0.1, 0.15) is 5.75 Å². The van der Waals surface area contributed by atoms with E-state index in [4.69, 9.17) is 27.9 Å². The number of benzene rings is 2. The zero-order chi connectivity index (χ0) is 20.9. The first kappa shape index (κ1) is 20.7. The van der Waals surface area contributed by atoms with Crippen LogP contribution in [-0.4, -0.2) is 13.2 Å². The molecule has 160 valence electrons. The Kier molecular flexibility index (Phi) is 5.54. The van der Waals surface area contributed by atoms with Crippen molar-refractivity contribution in [1.29, 1.82) is 0 Å². The highest BCUT2D eigenvalue weighted by Crippen LogP contribution is 2.61. The molecular weight excluding hydrogens is 413 g/mol. The number of ether oxygens (including phenoxy) is 1. The maximum Gasteiger partial charge on any atom is 0.119 e. The van der Waals surface area contributed by atoms with Crippen molar-refractivity contribution in [2.24, 2.45) is 17.3 Å². The van der Waals surface area contributed by atoms with Crippen LogP contribution in [0.15, 0.2) is 36.4 Å². The molecule has 2 nitrogen and oxygen atoms in total. The van der Waals surface area contributed by atoms with Gasteiger partial charge >= 0.3 is 0 Å². The second-order valence-electron chi connectivity index (χ2n) is 9.77. The van der Waals surface area contributed by atoms with E-state index in [1.54, 1.807) is 12.7 Å². The molecule has 2 aromatic rings. The topological polar surface area (TPSA) is 21.3 Å². The molecule has 2 aromatic carbocycles. The molecule has 0 bridgehead atoms. The number of hydrogen-bond acceptors (Lipinski definition) is 2. The predicted octanol–water partition coefficient (Wildman–Crippen LogP) is 7.02. The lowest BCUT2D eigenvalue weighted by atomic mass is 9.55. The first-order valence-electron chi connectivity index (χ1n) is 11.3. The molecule has 0 saturated heterocycles. The van der Waals surface area contributed by atoms with Crippen LogP contribution in [0.1, 0.15) is 61.6 Å². The van der Waals surface area contributed by atoms with Crippen molar-refractivity contribution in [1.82, 2.24) is 5.32 Å². The van der Waals surface area contributed by atoms with Crippen molar-refractivity contribution in [3.05, 3.63) is 63.1 Å². The van der Waals surface area contributed by atoms with Gasteiger partial charge in [-0.05, 0) is 103 Å². The van der Waals surface area contributed by atoms with E-state index in [0.29, 0.717) is 16.5 Å². The molecule has 0 radical (unpaired) electrons. The molecule has 0 spiro atoms. The molecule has 0 aliphatic heterocycles. The first-order chi connectivity index (χ1) is 14.5. The number of hydrogen-bond donors (Lipinski definition) is 1. The molecule has 4 heteroatoms. The van der Waals surface area contributed by atoms with E-state index in [9.17, 15) is 0 Å². The summed E-state index contributed by atoms with van der Waals surface area (Å²) in [5.41, 5.74) is 4.63. The SMILES string of the molecule is COc1ccc2c(c1)CC[C@@H]1[C@@H]2CC[C@]2(C)[C@@H](NCc3ccc(Cl)cc3Cl)CC[C@@H]12. The Hall–Kier alpha value is -1.22. The van der Waals surface area contributed by atoms with Gasteiger partial charge in [0.15, 0.2) is 0 Å². The van der Waals surface area contributed by atoms with Crippen LogP contribution in [0.3, 0.4) is 0 Å². The Bertz CT molecular complexity index is 945. The average molecular weight is 444 g/mol. The zero-order valence-electron chi connectivity index (χ0n) is 17.9. The minimum absolute atomic E-state index is 0.379. The van der Waals surface area contributed by atoms with Crippen molar-refractivity contribution in [2.45, 2.75) is 64.0 Å². The zero-order valence-corrected chi connectivity index (χ0v) is 19.4. The third-order valence-electron chi connectivity index (χ3n) is 8.49. The number of methoxy groups -OCH3 is 1. The summed E-state index contributed by atoms with van der Waals surface area (Å²) in [6.45, 7) is 3.37. The molecule has 0 aromatic heterocycles. The van der Waals surface area contributed by atoms with Gasteiger partial charge in [0.25, 0.3) is 0 Å². The van der Waals surface area contributed by atoms with Crippen molar-refractivity contribution < 1.29 is 4.74 Å². The van der Waals surface area contributed by atoms with Gasteiger partial charge in [-0.15, -0.1) is 0 Å². The van der Waals surface area contributed by atoms with Gasteiger partial charge < -0.3 is 10.1 Å². The minimum Gasteiger partial charge on any atom is -0.497 e. The molecule has 0 amide bonds. The van der Waals surface area contributed by atoms with Crippen LogP contribution >= 0.6 is 23.2 Å². The van der Waals surface area contributed by atoms with Gasteiger partial charge in [-0.2, -0.15) is 0 Å². The molecule has 3 aliphatic carbocycles. The number of aryl methyl sites for hydroxylation is 1. The Morgan fingerprint density at radius 2 is 1.93 bits per heavy atom. The number of halogens is 2. The van der Waals surface area contributed by atoms with Gasteiger partial charge in [0.05, 0.1) is 7.11 Å². The van der Waals surface area contributed by atoms with Gasteiger partial charge in [-0.3, -0.25) is 0 Å². The van der Waals surface area contributed by atoms with Crippen molar-refractivity contribution >= 4 is 23.2 Å². The van der Waals surface area contributed by atoms with Gasteiger partial charge in [0.2, 0.25) is 0 Å². The maximum absolute atomic E-state index is 6.41. The van der Waals surface area contributed by atoms with Crippen LogP contribution in [0.4, 0.5) is 0 Å². The lowest BCUT2D eigenvalue weighted by Crippen LogP contribution is -2.48. The fraction of sp³-hybridized carbons (Fsp3) is 0.538. The van der Waals surface area contributed by atoms with Crippen LogP contribution in [0.5, 0.6) is 5.75 Å². The predicted molar refractivity (Wildman–Crippen MR) is 125 cm³/mol. The van der Waals surface area contributed by atoms with E-state index in [1.807, 2.05) is 12.1 Å².